The number of oxazole rings is 1. The van der Waals surface area contributed by atoms with E-state index in [0.717, 1.165) is 17.5 Å². The van der Waals surface area contributed by atoms with Gasteiger partial charge in [0, 0.05) is 0 Å². The molecule has 1 atom stereocenters. The van der Waals surface area contributed by atoms with E-state index in [0.29, 0.717) is 11.6 Å². The Kier molecular flexibility index (Phi) is 4.06. The van der Waals surface area contributed by atoms with E-state index in [1.807, 2.05) is 37.3 Å². The molecule has 6 nitrogen and oxygen atoms in total. The van der Waals surface area contributed by atoms with Crippen molar-refractivity contribution >= 4 is 27.1 Å². The van der Waals surface area contributed by atoms with Gasteiger partial charge in [-0.1, -0.05) is 31.2 Å². The van der Waals surface area contributed by atoms with E-state index in [1.165, 1.54) is 6.07 Å². The van der Waals surface area contributed by atoms with Crippen LogP contribution in [0.5, 0.6) is 0 Å². The predicted octanol–water partition coefficient (Wildman–Crippen LogP) is 3.04. The number of sulfonamides is 1. The fourth-order valence-corrected chi connectivity index (χ4v) is 2.98. The van der Waals surface area contributed by atoms with Crippen molar-refractivity contribution < 1.29 is 12.8 Å². The zero-order valence-corrected chi connectivity index (χ0v) is 13.4. The van der Waals surface area contributed by atoms with Gasteiger partial charge in [-0.15, -0.1) is 0 Å². The molecule has 3 rings (SSSR count). The molecule has 0 saturated carbocycles. The Hall–Kier alpha value is -2.38. The summed E-state index contributed by atoms with van der Waals surface area (Å²) in [4.78, 5) is 4.47. The van der Waals surface area contributed by atoms with Gasteiger partial charge < -0.3 is 9.73 Å². The molecule has 0 amide bonds. The number of aromatic nitrogens is 1. The van der Waals surface area contributed by atoms with Crippen molar-refractivity contribution in [3.05, 3.63) is 54.1 Å². The molecule has 1 heterocycles. The van der Waals surface area contributed by atoms with Gasteiger partial charge >= 0.3 is 0 Å². The molecule has 23 heavy (non-hydrogen) atoms. The van der Waals surface area contributed by atoms with Crippen molar-refractivity contribution in [2.24, 2.45) is 5.14 Å². The number of hydrogen-bond donors (Lipinski definition) is 2. The molecular formula is C16H17N3O3S. The normalized spacial score (nSPS) is 13.1. The van der Waals surface area contributed by atoms with E-state index in [2.05, 4.69) is 10.3 Å². The minimum absolute atomic E-state index is 0.0906. The molecule has 0 aliphatic heterocycles. The van der Waals surface area contributed by atoms with E-state index in [9.17, 15) is 8.42 Å². The lowest BCUT2D eigenvalue weighted by Crippen LogP contribution is -2.14. The van der Waals surface area contributed by atoms with E-state index in [4.69, 9.17) is 9.56 Å². The third-order valence-electron chi connectivity index (χ3n) is 3.59. The number of benzene rings is 2. The summed E-state index contributed by atoms with van der Waals surface area (Å²) >= 11 is 0. The number of hydrogen-bond acceptors (Lipinski definition) is 5. The Bertz CT molecular complexity index is 901. The van der Waals surface area contributed by atoms with Gasteiger partial charge in [0.1, 0.15) is 5.52 Å². The molecule has 0 unspecified atom stereocenters. The quantitative estimate of drug-likeness (QED) is 0.749. The maximum Gasteiger partial charge on any atom is 0.296 e. The van der Waals surface area contributed by atoms with E-state index < -0.39 is 10.0 Å². The van der Waals surface area contributed by atoms with Gasteiger partial charge in [-0.25, -0.2) is 13.6 Å². The van der Waals surface area contributed by atoms with Gasteiger partial charge in [-0.3, -0.25) is 0 Å². The number of para-hydroxylation sites is 2. The summed E-state index contributed by atoms with van der Waals surface area (Å²) in [5, 5.41) is 8.39. The highest BCUT2D eigenvalue weighted by Crippen LogP contribution is 2.26. The maximum absolute atomic E-state index is 11.5. The molecular weight excluding hydrogens is 314 g/mol. The van der Waals surface area contributed by atoms with Crippen LogP contribution in [0.4, 0.5) is 6.01 Å². The smallest absolute Gasteiger partial charge is 0.296 e. The summed E-state index contributed by atoms with van der Waals surface area (Å²) in [6.07, 6.45) is 0.729. The van der Waals surface area contributed by atoms with Crippen LogP contribution in [0, 0.1) is 0 Å². The van der Waals surface area contributed by atoms with Crippen LogP contribution < -0.4 is 10.5 Å². The van der Waals surface area contributed by atoms with Crippen molar-refractivity contribution in [2.75, 3.05) is 5.32 Å². The van der Waals surface area contributed by atoms with E-state index >= 15 is 0 Å². The zero-order chi connectivity index (χ0) is 16.4. The van der Waals surface area contributed by atoms with Crippen molar-refractivity contribution in [3.63, 3.8) is 0 Å². The molecule has 0 aliphatic rings. The van der Waals surface area contributed by atoms with Crippen molar-refractivity contribution in [3.8, 4) is 0 Å². The fourth-order valence-electron chi connectivity index (χ4n) is 2.41. The fraction of sp³-hybridized carbons (Fsp3) is 0.188. The first-order valence-corrected chi connectivity index (χ1v) is 8.77. The second kappa shape index (κ2) is 6.02. The molecule has 0 saturated heterocycles. The number of anilines is 1. The Labute approximate surface area is 134 Å². The zero-order valence-electron chi connectivity index (χ0n) is 12.6. The Balaban J connectivity index is 1.90. The summed E-state index contributed by atoms with van der Waals surface area (Å²) in [5.74, 6) is 0. The summed E-state index contributed by atoms with van der Waals surface area (Å²) in [6, 6.07) is 14.3. The van der Waals surface area contributed by atoms with Crippen molar-refractivity contribution in [2.45, 2.75) is 24.3 Å². The molecule has 0 spiro atoms. The number of fused-ring (bicyclic) bond motifs is 1. The van der Waals surface area contributed by atoms with Crippen molar-refractivity contribution in [1.82, 2.24) is 4.98 Å². The van der Waals surface area contributed by atoms with Gasteiger partial charge in [-0.2, -0.15) is 4.98 Å². The average molecular weight is 331 g/mol. The largest absolute Gasteiger partial charge is 0.424 e. The van der Waals surface area contributed by atoms with Crippen molar-refractivity contribution in [1.29, 1.82) is 0 Å². The van der Waals surface area contributed by atoms with Crippen LogP contribution in [0.3, 0.4) is 0 Å². The molecule has 7 heteroatoms. The molecule has 120 valence electrons. The van der Waals surface area contributed by atoms with Gasteiger partial charge in [0.25, 0.3) is 6.01 Å². The Morgan fingerprint density at radius 1 is 1.22 bits per heavy atom. The standard InChI is InChI=1S/C16H17N3O3S/c1-2-13(11-6-5-7-12(10-11)23(17,20)21)18-16-19-14-8-3-4-9-15(14)22-16/h3-10,13H,2H2,1H3,(H,18,19)(H2,17,20,21)/t13-/m0/s1. The third-order valence-corrected chi connectivity index (χ3v) is 4.50. The van der Waals surface area contributed by atoms with Gasteiger partial charge in [-0.05, 0) is 36.2 Å². The van der Waals surface area contributed by atoms with Crippen LogP contribution in [0.2, 0.25) is 0 Å². The van der Waals surface area contributed by atoms with Gasteiger partial charge in [0.05, 0.1) is 10.9 Å². The Morgan fingerprint density at radius 2 is 2.00 bits per heavy atom. The SMILES string of the molecule is CC[C@H](Nc1nc2ccccc2o1)c1cccc(S(N)(=O)=O)c1. The number of rotatable bonds is 5. The average Bonchev–Trinajstić information content (AvgIpc) is 2.94. The number of nitrogens with two attached hydrogens (primary N) is 1. The van der Waals surface area contributed by atoms with Gasteiger partial charge in [0.15, 0.2) is 5.58 Å². The highest BCUT2D eigenvalue weighted by atomic mass is 32.2. The van der Waals surface area contributed by atoms with Gasteiger partial charge in [0.2, 0.25) is 10.0 Å². The lowest BCUT2D eigenvalue weighted by Gasteiger charge is -2.16. The van der Waals surface area contributed by atoms with Crippen LogP contribution in [-0.4, -0.2) is 13.4 Å². The first-order valence-electron chi connectivity index (χ1n) is 7.22. The summed E-state index contributed by atoms with van der Waals surface area (Å²) in [7, 11) is -3.73. The number of nitrogens with one attached hydrogen (secondary N) is 1. The monoisotopic (exact) mass is 331 g/mol. The summed E-state index contributed by atoms with van der Waals surface area (Å²) in [6.45, 7) is 1.99. The molecule has 3 aromatic rings. The van der Waals surface area contributed by atoms with Crippen LogP contribution in [-0.2, 0) is 10.0 Å². The van der Waals surface area contributed by atoms with E-state index in [1.54, 1.807) is 12.1 Å². The first-order chi connectivity index (χ1) is 11.0. The van der Waals surface area contributed by atoms with Crippen LogP contribution in [0.1, 0.15) is 24.9 Å². The lowest BCUT2D eigenvalue weighted by atomic mass is 10.1. The lowest BCUT2D eigenvalue weighted by molar-refractivity contribution is 0.591. The summed E-state index contributed by atoms with van der Waals surface area (Å²) < 4.78 is 28.7. The van der Waals surface area contributed by atoms with Crippen LogP contribution in [0.25, 0.3) is 11.1 Å². The number of nitrogens with zero attached hydrogens (tertiary/aromatic N) is 1. The molecule has 3 N–H and O–H groups in total. The number of primary sulfonamides is 1. The molecule has 2 aromatic carbocycles. The minimum Gasteiger partial charge on any atom is -0.424 e. The first kappa shape index (κ1) is 15.5. The Morgan fingerprint density at radius 3 is 2.70 bits per heavy atom. The minimum atomic E-state index is -3.73. The maximum atomic E-state index is 11.5. The molecule has 0 radical (unpaired) electrons. The molecule has 0 bridgehead atoms. The third kappa shape index (κ3) is 3.35. The molecule has 0 fully saturated rings. The van der Waals surface area contributed by atoms with Crippen LogP contribution >= 0.6 is 0 Å². The topological polar surface area (TPSA) is 98.2 Å². The summed E-state index contributed by atoms with van der Waals surface area (Å²) in [5.41, 5.74) is 2.27. The highest BCUT2D eigenvalue weighted by Gasteiger charge is 2.16. The van der Waals surface area contributed by atoms with Crippen LogP contribution in [0.15, 0.2) is 57.8 Å². The predicted molar refractivity (Wildman–Crippen MR) is 88.5 cm³/mol. The second-order valence-corrected chi connectivity index (χ2v) is 6.77. The van der Waals surface area contributed by atoms with E-state index in [-0.39, 0.29) is 10.9 Å². The molecule has 0 aliphatic carbocycles. The molecule has 1 aromatic heterocycles. The highest BCUT2D eigenvalue weighted by molar-refractivity contribution is 7.89. The second-order valence-electron chi connectivity index (χ2n) is 5.21.